The number of benzene rings is 1. The van der Waals surface area contributed by atoms with Crippen LogP contribution < -0.4 is 10.6 Å². The van der Waals surface area contributed by atoms with E-state index in [1.54, 1.807) is 11.3 Å². The van der Waals surface area contributed by atoms with Gasteiger partial charge >= 0.3 is 0 Å². The van der Waals surface area contributed by atoms with E-state index in [-0.39, 0.29) is 0 Å². The fourth-order valence-electron chi connectivity index (χ4n) is 2.60. The zero-order valence-corrected chi connectivity index (χ0v) is 12.0. The molecule has 0 amide bonds. The highest BCUT2D eigenvalue weighted by molar-refractivity contribution is 7.11. The number of rotatable bonds is 4. The van der Waals surface area contributed by atoms with Crippen molar-refractivity contribution in [2.24, 2.45) is 0 Å². The van der Waals surface area contributed by atoms with Gasteiger partial charge < -0.3 is 10.6 Å². The molecule has 0 saturated heterocycles. The average molecular weight is 273 g/mol. The molecule has 0 saturated carbocycles. The predicted octanol–water partition coefficient (Wildman–Crippen LogP) is 2.43. The normalized spacial score (nSPS) is 18.3. The van der Waals surface area contributed by atoms with Gasteiger partial charge in [0.25, 0.3) is 0 Å². The number of nitrogens with one attached hydrogen (secondary N) is 2. The summed E-state index contributed by atoms with van der Waals surface area (Å²) in [5.74, 6) is 0.561. The smallest absolute Gasteiger partial charge is 0.107 e. The topological polar surface area (TPSA) is 37.0 Å². The second-order valence-electron chi connectivity index (χ2n) is 5.02. The Labute approximate surface area is 118 Å². The van der Waals surface area contributed by atoms with Crippen molar-refractivity contribution in [3.05, 3.63) is 51.5 Å². The third-order valence-electron chi connectivity index (χ3n) is 3.54. The Kier molecular flexibility index (Phi) is 3.92. The van der Waals surface area contributed by atoms with Crippen LogP contribution in [0.25, 0.3) is 0 Å². The van der Waals surface area contributed by atoms with Gasteiger partial charge in [-0.05, 0) is 18.1 Å². The van der Waals surface area contributed by atoms with Crippen molar-refractivity contribution in [2.45, 2.75) is 25.9 Å². The second-order valence-corrected chi connectivity index (χ2v) is 6.34. The fourth-order valence-corrected chi connectivity index (χ4v) is 3.36. The number of fused-ring (bicyclic) bond motifs is 1. The van der Waals surface area contributed by atoms with Crippen molar-refractivity contribution in [2.75, 3.05) is 13.1 Å². The minimum Gasteiger partial charge on any atom is -0.312 e. The lowest BCUT2D eigenvalue weighted by molar-refractivity contribution is 0.502. The lowest BCUT2D eigenvalue weighted by Crippen LogP contribution is -2.34. The average Bonchev–Trinajstić information content (AvgIpc) is 2.85. The largest absolute Gasteiger partial charge is 0.312 e. The Bertz CT molecular complexity index is 550. The summed E-state index contributed by atoms with van der Waals surface area (Å²) in [6.07, 6.45) is 1.94. The number of thiazole rings is 1. The van der Waals surface area contributed by atoms with Crippen LogP contribution in [-0.4, -0.2) is 18.1 Å². The third kappa shape index (κ3) is 3.03. The molecule has 1 aliphatic rings. The van der Waals surface area contributed by atoms with Crippen molar-refractivity contribution < 1.29 is 0 Å². The van der Waals surface area contributed by atoms with Gasteiger partial charge in [0.15, 0.2) is 0 Å². The van der Waals surface area contributed by atoms with Crippen LogP contribution in [0.15, 0.2) is 30.5 Å². The number of aromatic nitrogens is 1. The maximum absolute atomic E-state index is 4.38. The molecule has 2 N–H and O–H groups in total. The molecule has 1 atom stereocenters. The summed E-state index contributed by atoms with van der Waals surface area (Å²) in [6.45, 7) is 6.03. The van der Waals surface area contributed by atoms with Gasteiger partial charge in [-0.2, -0.15) is 0 Å². The van der Waals surface area contributed by atoms with E-state index in [2.05, 4.69) is 46.8 Å². The van der Waals surface area contributed by atoms with Crippen molar-refractivity contribution >= 4 is 11.3 Å². The molecule has 100 valence electrons. The molecule has 0 spiro atoms. The monoisotopic (exact) mass is 273 g/mol. The van der Waals surface area contributed by atoms with E-state index in [0.29, 0.717) is 5.92 Å². The van der Waals surface area contributed by atoms with Crippen LogP contribution >= 0.6 is 11.3 Å². The van der Waals surface area contributed by atoms with Gasteiger partial charge in [0.1, 0.15) is 5.01 Å². The van der Waals surface area contributed by atoms with Gasteiger partial charge in [-0.1, -0.05) is 24.3 Å². The maximum atomic E-state index is 4.38. The molecule has 2 heterocycles. The third-order valence-corrected chi connectivity index (χ3v) is 4.45. The van der Waals surface area contributed by atoms with E-state index >= 15 is 0 Å². The Morgan fingerprint density at radius 2 is 2.32 bits per heavy atom. The molecule has 0 bridgehead atoms. The fraction of sp³-hybridized carbons (Fsp3) is 0.400. The van der Waals surface area contributed by atoms with Crippen LogP contribution in [-0.2, 0) is 13.1 Å². The molecule has 19 heavy (non-hydrogen) atoms. The van der Waals surface area contributed by atoms with E-state index in [4.69, 9.17) is 0 Å². The summed E-state index contributed by atoms with van der Waals surface area (Å²) in [7, 11) is 0. The van der Waals surface area contributed by atoms with E-state index in [0.717, 1.165) is 26.2 Å². The highest BCUT2D eigenvalue weighted by atomic mass is 32.1. The SMILES string of the molecule is Cc1cnc(CNCC2CNCc3ccccc32)s1. The van der Waals surface area contributed by atoms with Gasteiger partial charge in [0, 0.05) is 43.2 Å². The number of hydrogen-bond donors (Lipinski definition) is 2. The molecule has 3 rings (SSSR count). The van der Waals surface area contributed by atoms with Gasteiger partial charge in [-0.15, -0.1) is 11.3 Å². The van der Waals surface area contributed by atoms with Crippen LogP contribution in [0.4, 0.5) is 0 Å². The molecule has 0 aliphatic carbocycles. The van der Waals surface area contributed by atoms with E-state index in [9.17, 15) is 0 Å². The Morgan fingerprint density at radius 1 is 1.42 bits per heavy atom. The lowest BCUT2D eigenvalue weighted by Gasteiger charge is -2.26. The Balaban J connectivity index is 1.59. The molecule has 1 aliphatic heterocycles. The van der Waals surface area contributed by atoms with Gasteiger partial charge in [0.05, 0.1) is 0 Å². The molecule has 2 aromatic rings. The summed E-state index contributed by atoms with van der Waals surface area (Å²) >= 11 is 1.77. The first-order valence-electron chi connectivity index (χ1n) is 6.73. The molecule has 1 aromatic heterocycles. The van der Waals surface area contributed by atoms with Gasteiger partial charge in [-0.25, -0.2) is 4.98 Å². The minimum absolute atomic E-state index is 0.561. The summed E-state index contributed by atoms with van der Waals surface area (Å²) in [4.78, 5) is 5.66. The number of aryl methyl sites for hydroxylation is 1. The predicted molar refractivity (Wildman–Crippen MR) is 79.4 cm³/mol. The first kappa shape index (κ1) is 12.8. The summed E-state index contributed by atoms with van der Waals surface area (Å²) < 4.78 is 0. The van der Waals surface area contributed by atoms with E-state index in [1.165, 1.54) is 21.0 Å². The lowest BCUT2D eigenvalue weighted by atomic mass is 9.91. The van der Waals surface area contributed by atoms with Crippen molar-refractivity contribution in [1.82, 2.24) is 15.6 Å². The molecule has 0 radical (unpaired) electrons. The van der Waals surface area contributed by atoms with Crippen LogP contribution in [0, 0.1) is 6.92 Å². The van der Waals surface area contributed by atoms with Gasteiger partial charge in [-0.3, -0.25) is 0 Å². The minimum atomic E-state index is 0.561. The zero-order valence-electron chi connectivity index (χ0n) is 11.1. The molecule has 3 nitrogen and oxygen atoms in total. The molecule has 0 fully saturated rings. The summed E-state index contributed by atoms with van der Waals surface area (Å²) in [6, 6.07) is 8.74. The van der Waals surface area contributed by atoms with Crippen LogP contribution in [0.1, 0.15) is 26.9 Å². The van der Waals surface area contributed by atoms with Crippen LogP contribution in [0.3, 0.4) is 0 Å². The Morgan fingerprint density at radius 3 is 3.16 bits per heavy atom. The second kappa shape index (κ2) is 5.82. The molecule has 1 unspecified atom stereocenters. The highest BCUT2D eigenvalue weighted by Gasteiger charge is 2.18. The number of nitrogens with zero attached hydrogens (tertiary/aromatic N) is 1. The molecule has 1 aromatic carbocycles. The quantitative estimate of drug-likeness (QED) is 0.898. The van der Waals surface area contributed by atoms with Crippen LogP contribution in [0.2, 0.25) is 0 Å². The number of hydrogen-bond acceptors (Lipinski definition) is 4. The maximum Gasteiger partial charge on any atom is 0.107 e. The van der Waals surface area contributed by atoms with Crippen LogP contribution in [0.5, 0.6) is 0 Å². The Hall–Kier alpha value is -1.23. The van der Waals surface area contributed by atoms with Gasteiger partial charge in [0.2, 0.25) is 0 Å². The highest BCUT2D eigenvalue weighted by Crippen LogP contribution is 2.23. The first-order chi connectivity index (χ1) is 9.33. The summed E-state index contributed by atoms with van der Waals surface area (Å²) in [5, 5.41) is 8.20. The van der Waals surface area contributed by atoms with Crippen molar-refractivity contribution in [1.29, 1.82) is 0 Å². The first-order valence-corrected chi connectivity index (χ1v) is 7.55. The molecule has 4 heteroatoms. The van der Waals surface area contributed by atoms with E-state index < -0.39 is 0 Å². The zero-order chi connectivity index (χ0) is 13.1. The van der Waals surface area contributed by atoms with Crippen molar-refractivity contribution in [3.63, 3.8) is 0 Å². The molecular formula is C15H19N3S. The standard InChI is InChI=1S/C15H19N3S/c1-11-6-18-15(19-11)10-17-9-13-8-16-7-12-4-2-3-5-14(12)13/h2-6,13,16-17H,7-10H2,1H3. The van der Waals surface area contributed by atoms with E-state index in [1.807, 2.05) is 6.20 Å². The molecular weight excluding hydrogens is 254 g/mol. The van der Waals surface area contributed by atoms with Crippen molar-refractivity contribution in [3.8, 4) is 0 Å². The summed E-state index contributed by atoms with van der Waals surface area (Å²) in [5.41, 5.74) is 2.93.